The van der Waals surface area contributed by atoms with E-state index in [2.05, 4.69) is 19.9 Å². The van der Waals surface area contributed by atoms with Crippen LogP contribution in [0.4, 0.5) is 0 Å². The Balaban J connectivity index is 1.20. The molecule has 0 radical (unpaired) electrons. The van der Waals surface area contributed by atoms with Crippen LogP contribution in [0.15, 0.2) is 23.3 Å². The lowest BCUT2D eigenvalue weighted by Crippen LogP contribution is -2.69. The fourth-order valence-electron chi connectivity index (χ4n) is 14.6. The minimum atomic E-state index is -2.17. The van der Waals surface area contributed by atoms with Gasteiger partial charge in [-0.2, -0.15) is 0 Å². The first kappa shape index (κ1) is 61.3. The number of aliphatic hydroxyl groups is 13. The third kappa shape index (κ3) is 10.5. The fourth-order valence-corrected chi connectivity index (χ4v) is 14.6. The number of hydrogen-bond acceptors (Lipinski definition) is 22. The summed E-state index contributed by atoms with van der Waals surface area (Å²) in [6, 6.07) is 0. The van der Waals surface area contributed by atoms with Gasteiger partial charge in [0.15, 0.2) is 25.0 Å². The summed E-state index contributed by atoms with van der Waals surface area (Å²) in [5.41, 5.74) is -3.08. The summed E-state index contributed by atoms with van der Waals surface area (Å²) in [5, 5.41) is 154. The zero-order chi connectivity index (χ0) is 56.4. The van der Waals surface area contributed by atoms with Gasteiger partial charge in [-0.15, -0.1) is 0 Å². The fraction of sp³-hybridized carbons (Fsp3) is 0.887. The van der Waals surface area contributed by atoms with E-state index < -0.39 is 188 Å². The number of carbonyl (C=O) groups is 2. The molecule has 0 amide bonds. The van der Waals surface area contributed by atoms with Gasteiger partial charge < -0.3 is 105 Å². The van der Waals surface area contributed by atoms with Crippen LogP contribution in [-0.4, -0.2) is 226 Å². The summed E-state index contributed by atoms with van der Waals surface area (Å²) < 4.78 is 41.8. The number of rotatable bonds is 16. The van der Waals surface area contributed by atoms with Crippen molar-refractivity contribution in [2.75, 3.05) is 26.4 Å². The van der Waals surface area contributed by atoms with Crippen LogP contribution in [0.2, 0.25) is 0 Å². The predicted molar refractivity (Wildman–Crippen MR) is 262 cm³/mol. The Bertz CT molecular complexity index is 2090. The Labute approximate surface area is 443 Å². The zero-order valence-corrected chi connectivity index (χ0v) is 44.8. The molecule has 436 valence electrons. The molecule has 3 saturated carbocycles. The minimum Gasteiger partial charge on any atom is -0.479 e. The number of allylic oxidation sites excluding steroid dienone is 3. The number of ether oxygens (including phenoxy) is 7. The molecule has 23 nitrogen and oxygen atoms in total. The SMILES string of the molecule is C/C=C(\C)C(=O)O[C@H]1[C@H](O)C2(CO)[C@H](O)C[C@@]3(C)CC([C@@]4(C)CC[C@H](O[C@@H]5O[C@H](C(=O)O)[C@@H](O[C@@H]6O[C@H](CO)[C@@H](O)[C@H](O)[C@H]6O)[C@H](O)[C@H]5O[C@@H]5OC(CO)[C@@H](O)[C@H](O)[C@H]5O)[C@](C)(CO)C4CCC)CC=C3[C@@H]2CC1(C)C. The topological polar surface area (TPSA) is 382 Å². The van der Waals surface area contributed by atoms with E-state index >= 15 is 0 Å². The molecule has 3 aliphatic heterocycles. The quantitative estimate of drug-likeness (QED) is 0.0475. The molecule has 6 fully saturated rings. The summed E-state index contributed by atoms with van der Waals surface area (Å²) in [5.74, 6) is -3.14. The van der Waals surface area contributed by atoms with E-state index in [9.17, 15) is 81.1 Å². The van der Waals surface area contributed by atoms with Crippen LogP contribution < -0.4 is 0 Å². The van der Waals surface area contributed by atoms with Crippen molar-refractivity contribution in [3.05, 3.63) is 23.3 Å². The van der Waals surface area contributed by atoms with E-state index in [0.29, 0.717) is 44.1 Å². The van der Waals surface area contributed by atoms with Gasteiger partial charge in [0.05, 0.1) is 44.1 Å². The Morgan fingerprint density at radius 3 is 1.82 bits per heavy atom. The third-order valence-electron chi connectivity index (χ3n) is 19.4. The van der Waals surface area contributed by atoms with E-state index in [1.807, 2.05) is 27.7 Å². The molecule has 3 saturated heterocycles. The lowest BCUT2D eigenvalue weighted by Gasteiger charge is -2.65. The molecule has 7 rings (SSSR count). The number of aliphatic carboxylic acids is 1. The number of aliphatic hydroxyl groups excluding tert-OH is 13. The summed E-state index contributed by atoms with van der Waals surface area (Å²) in [6.45, 7) is 12.6. The number of hydrogen-bond donors (Lipinski definition) is 14. The maximum absolute atomic E-state index is 13.1. The Morgan fingerprint density at radius 1 is 0.724 bits per heavy atom. The summed E-state index contributed by atoms with van der Waals surface area (Å²) >= 11 is 0. The van der Waals surface area contributed by atoms with Crippen molar-refractivity contribution in [3.8, 4) is 0 Å². The highest BCUT2D eigenvalue weighted by atomic mass is 16.8. The normalized spacial score (nSPS) is 49.8. The molecule has 0 aromatic heterocycles. The first-order chi connectivity index (χ1) is 35.6. The zero-order valence-electron chi connectivity index (χ0n) is 44.8. The van der Waals surface area contributed by atoms with Crippen LogP contribution in [0.3, 0.4) is 0 Å². The van der Waals surface area contributed by atoms with Crippen molar-refractivity contribution in [1.29, 1.82) is 0 Å². The molecule has 0 aromatic carbocycles. The smallest absolute Gasteiger partial charge is 0.335 e. The first-order valence-electron chi connectivity index (χ1n) is 26.9. The van der Waals surface area contributed by atoms with Gasteiger partial charge in [-0.25, -0.2) is 9.59 Å². The van der Waals surface area contributed by atoms with Gasteiger partial charge in [0.1, 0.15) is 79.4 Å². The van der Waals surface area contributed by atoms with Crippen molar-refractivity contribution >= 4 is 11.9 Å². The number of carboxylic acids is 1. The second-order valence-corrected chi connectivity index (χ2v) is 24.4. The highest BCUT2D eigenvalue weighted by Gasteiger charge is 2.68. The first-order valence-corrected chi connectivity index (χ1v) is 26.9. The van der Waals surface area contributed by atoms with E-state index in [4.69, 9.17) is 33.2 Å². The predicted octanol–water partition coefficient (Wildman–Crippen LogP) is -1.50. The average molecular weight is 1090 g/mol. The standard InChI is InChI=1S/C53H86O23/c1-9-11-29-51(7,24-12-13-25-26-17-49(4,5)43(76-45(69)23(3)10-2)42(66)53(26,22-57)30(58)18-50(25,6)16-24)15-14-31(52(29,8)21-56)72-48-40(74-47-37(64)35(62)33(60)28(20-55)71-47)38(65)39(41(75-48)44(67)68)73-46-36(63)34(61)32(59)27(19-54)70-46/h10,13,24,26-43,46-48,54-66H,9,11-12,14-22H2,1-8H3,(H,67,68)/b23-10+/t24?,26-,27+,28?,29?,30+,31-,32+,33+,34-,35-,36+,37+,38-,39-,40+,41-,42-,43-,46-,47-,48+,50+,51+,52+,53?/m0/s1. The van der Waals surface area contributed by atoms with Crippen molar-refractivity contribution < 1.29 is 114 Å². The Hall–Kier alpha value is -2.34. The number of carbonyl (C=O) groups excluding carboxylic acids is 1. The highest BCUT2D eigenvalue weighted by Crippen LogP contribution is 2.68. The van der Waals surface area contributed by atoms with E-state index in [0.717, 1.165) is 5.57 Å². The number of carboxylic acid groups (broad SMARTS) is 1. The number of fused-ring (bicyclic) bond motifs is 3. The maximum atomic E-state index is 13.1. The molecule has 0 aromatic rings. The molecule has 0 bridgehead atoms. The van der Waals surface area contributed by atoms with Crippen LogP contribution in [0.1, 0.15) is 107 Å². The molecule has 4 unspecified atom stereocenters. The summed E-state index contributed by atoms with van der Waals surface area (Å²) in [7, 11) is 0. The second-order valence-electron chi connectivity index (χ2n) is 24.4. The molecule has 0 spiro atoms. The number of esters is 1. The molecular formula is C53H86O23. The minimum absolute atomic E-state index is 0.0516. The molecule has 14 N–H and O–H groups in total. The van der Waals surface area contributed by atoms with Gasteiger partial charge in [0, 0.05) is 16.4 Å². The van der Waals surface area contributed by atoms with Crippen LogP contribution in [0.25, 0.3) is 0 Å². The van der Waals surface area contributed by atoms with Crippen LogP contribution >= 0.6 is 0 Å². The molecule has 26 atom stereocenters. The second kappa shape index (κ2) is 23.3. The molecule has 7 aliphatic rings. The molecular weight excluding hydrogens is 1000 g/mol. The molecule has 23 heteroatoms. The maximum Gasteiger partial charge on any atom is 0.335 e. The van der Waals surface area contributed by atoms with Gasteiger partial charge in [0.2, 0.25) is 0 Å². The van der Waals surface area contributed by atoms with Gasteiger partial charge in [-0.1, -0.05) is 65.7 Å². The van der Waals surface area contributed by atoms with E-state index in [1.165, 1.54) is 0 Å². The lowest BCUT2D eigenvalue weighted by atomic mass is 9.41. The third-order valence-corrected chi connectivity index (χ3v) is 19.4. The summed E-state index contributed by atoms with van der Waals surface area (Å²) in [4.78, 5) is 26.2. The van der Waals surface area contributed by atoms with Crippen LogP contribution in [0.5, 0.6) is 0 Å². The average Bonchev–Trinajstić information content (AvgIpc) is 3.38. The van der Waals surface area contributed by atoms with Crippen molar-refractivity contribution in [1.82, 2.24) is 0 Å². The monoisotopic (exact) mass is 1090 g/mol. The van der Waals surface area contributed by atoms with Gasteiger partial charge in [0.25, 0.3) is 0 Å². The van der Waals surface area contributed by atoms with E-state index in [1.54, 1.807) is 19.9 Å². The largest absolute Gasteiger partial charge is 0.479 e. The van der Waals surface area contributed by atoms with E-state index in [-0.39, 0.29) is 24.7 Å². The van der Waals surface area contributed by atoms with Crippen LogP contribution in [-0.2, 0) is 42.7 Å². The molecule has 3 heterocycles. The highest BCUT2D eigenvalue weighted by molar-refractivity contribution is 5.87. The molecule has 4 aliphatic carbocycles. The van der Waals surface area contributed by atoms with Crippen LogP contribution in [0, 0.1) is 44.8 Å². The molecule has 76 heavy (non-hydrogen) atoms. The van der Waals surface area contributed by atoms with Crippen molar-refractivity contribution in [2.24, 2.45) is 44.8 Å². The van der Waals surface area contributed by atoms with Gasteiger partial charge in [-0.3, -0.25) is 0 Å². The Kier molecular flexibility index (Phi) is 18.8. The Morgan fingerprint density at radius 2 is 1.30 bits per heavy atom. The lowest BCUT2D eigenvalue weighted by molar-refractivity contribution is -0.391. The van der Waals surface area contributed by atoms with Crippen molar-refractivity contribution in [2.45, 2.75) is 223 Å². The van der Waals surface area contributed by atoms with Crippen molar-refractivity contribution in [3.63, 3.8) is 0 Å². The van der Waals surface area contributed by atoms with Gasteiger partial charge >= 0.3 is 11.9 Å². The van der Waals surface area contributed by atoms with Gasteiger partial charge in [-0.05, 0) is 87.4 Å². The summed E-state index contributed by atoms with van der Waals surface area (Å²) in [6.07, 6.45) is -25.7.